The molecule has 0 spiro atoms. The average molecular weight is 439 g/mol. The second-order valence-corrected chi connectivity index (χ2v) is 9.54. The van der Waals surface area contributed by atoms with E-state index in [9.17, 15) is 0 Å². The van der Waals surface area contributed by atoms with Crippen molar-refractivity contribution in [3.05, 3.63) is 29.3 Å². The van der Waals surface area contributed by atoms with Crippen molar-refractivity contribution in [3.8, 4) is 0 Å². The highest BCUT2D eigenvalue weighted by Crippen LogP contribution is 2.27. The van der Waals surface area contributed by atoms with Crippen molar-refractivity contribution in [1.82, 2.24) is 15.0 Å². The first-order chi connectivity index (χ1) is 15.4. The van der Waals surface area contributed by atoms with Crippen LogP contribution in [0.25, 0.3) is 0 Å². The molecule has 172 valence electrons. The topological polar surface area (TPSA) is 161 Å². The van der Waals surface area contributed by atoms with Gasteiger partial charge in [-0.2, -0.15) is 15.0 Å². The van der Waals surface area contributed by atoms with E-state index in [1.165, 1.54) is 17.5 Å². The summed E-state index contributed by atoms with van der Waals surface area (Å²) in [6.07, 6.45) is 5.07. The first-order valence-corrected chi connectivity index (χ1v) is 11.6. The standard InChI is InChI=1S/C22H34N10/c23-15-7-16(24)10-31(9-15)21-28-20(27-19-5-4-13-2-1-3-14(13)6-19)29-22(30-21)32-11-17(25)8-18(26)12-32/h4-6,15-18H,1-3,7-12,23-26H2,(H,27,28,29,30)/t15-,16+,17-,18+. The van der Waals surface area contributed by atoms with Gasteiger partial charge in [-0.1, -0.05) is 6.07 Å². The van der Waals surface area contributed by atoms with Crippen LogP contribution in [0, 0.1) is 0 Å². The Bertz CT molecular complexity index is 901. The summed E-state index contributed by atoms with van der Waals surface area (Å²) in [7, 11) is 0. The number of hydrogen-bond acceptors (Lipinski definition) is 10. The predicted octanol–water partition coefficient (Wildman–Crippen LogP) is -0.167. The number of aryl methyl sites for hydroxylation is 2. The largest absolute Gasteiger partial charge is 0.338 e. The number of aromatic nitrogens is 3. The fourth-order valence-corrected chi connectivity index (χ4v) is 5.16. The molecule has 4 atom stereocenters. The maximum atomic E-state index is 6.23. The molecule has 2 fully saturated rings. The van der Waals surface area contributed by atoms with E-state index in [0.717, 1.165) is 31.4 Å². The molecule has 5 rings (SSSR count). The highest BCUT2D eigenvalue weighted by Gasteiger charge is 2.28. The fraction of sp³-hybridized carbons (Fsp3) is 0.591. The molecule has 32 heavy (non-hydrogen) atoms. The summed E-state index contributed by atoms with van der Waals surface area (Å²) in [5.74, 6) is 1.66. The number of piperidine rings is 2. The molecule has 3 aliphatic rings. The molecular weight excluding hydrogens is 404 g/mol. The lowest BCUT2D eigenvalue weighted by Crippen LogP contribution is -2.54. The zero-order valence-electron chi connectivity index (χ0n) is 18.5. The lowest BCUT2D eigenvalue weighted by atomic mass is 10.0. The first-order valence-electron chi connectivity index (χ1n) is 11.6. The molecule has 0 radical (unpaired) electrons. The zero-order chi connectivity index (χ0) is 22.2. The first kappa shape index (κ1) is 21.3. The van der Waals surface area contributed by atoms with Crippen LogP contribution in [0.3, 0.4) is 0 Å². The minimum Gasteiger partial charge on any atom is -0.338 e. The maximum Gasteiger partial charge on any atom is 0.233 e. The highest BCUT2D eigenvalue weighted by atomic mass is 15.4. The molecular formula is C22H34N10. The van der Waals surface area contributed by atoms with E-state index in [1.807, 2.05) is 0 Å². The van der Waals surface area contributed by atoms with Crippen molar-refractivity contribution in [3.63, 3.8) is 0 Å². The van der Waals surface area contributed by atoms with Crippen LogP contribution in [0.15, 0.2) is 18.2 Å². The number of nitrogens with two attached hydrogens (primary N) is 4. The van der Waals surface area contributed by atoms with Crippen LogP contribution in [0.1, 0.15) is 30.4 Å². The van der Waals surface area contributed by atoms with E-state index in [4.69, 9.17) is 37.9 Å². The van der Waals surface area contributed by atoms with E-state index in [-0.39, 0.29) is 24.2 Å². The molecule has 3 heterocycles. The third kappa shape index (κ3) is 4.63. The molecule has 0 amide bonds. The Balaban J connectivity index is 1.47. The number of anilines is 4. The molecule has 0 unspecified atom stereocenters. The molecule has 0 bridgehead atoms. The normalized spacial score (nSPS) is 28.0. The van der Waals surface area contributed by atoms with Gasteiger partial charge in [0, 0.05) is 56.0 Å². The number of nitrogens with zero attached hydrogens (tertiary/aromatic N) is 5. The van der Waals surface area contributed by atoms with Crippen LogP contribution < -0.4 is 38.1 Å². The van der Waals surface area contributed by atoms with Crippen LogP contribution in [0.5, 0.6) is 0 Å². The monoisotopic (exact) mass is 438 g/mol. The molecule has 10 nitrogen and oxygen atoms in total. The van der Waals surface area contributed by atoms with Gasteiger partial charge in [0.1, 0.15) is 0 Å². The maximum absolute atomic E-state index is 6.23. The van der Waals surface area contributed by atoms with E-state index in [2.05, 4.69) is 33.3 Å². The molecule has 9 N–H and O–H groups in total. The van der Waals surface area contributed by atoms with E-state index in [1.54, 1.807) is 0 Å². The molecule has 10 heteroatoms. The number of hydrogen-bond donors (Lipinski definition) is 5. The number of rotatable bonds is 4. The second-order valence-electron chi connectivity index (χ2n) is 9.54. The van der Waals surface area contributed by atoms with Crippen molar-refractivity contribution in [2.24, 2.45) is 22.9 Å². The molecule has 2 saturated heterocycles. The molecule has 0 saturated carbocycles. The van der Waals surface area contributed by atoms with Crippen molar-refractivity contribution < 1.29 is 0 Å². The summed E-state index contributed by atoms with van der Waals surface area (Å²) in [6.45, 7) is 2.64. The Morgan fingerprint density at radius 1 is 0.719 bits per heavy atom. The Morgan fingerprint density at radius 2 is 1.25 bits per heavy atom. The number of benzene rings is 1. The average Bonchev–Trinajstić information content (AvgIpc) is 3.20. The molecule has 2 aromatic rings. The van der Waals surface area contributed by atoms with Crippen LogP contribution in [-0.2, 0) is 12.8 Å². The third-order valence-corrected chi connectivity index (χ3v) is 6.56. The quantitative estimate of drug-likeness (QED) is 0.433. The predicted molar refractivity (Wildman–Crippen MR) is 127 cm³/mol. The van der Waals surface area contributed by atoms with Gasteiger partial charge in [-0.05, 0) is 55.4 Å². The lowest BCUT2D eigenvalue weighted by molar-refractivity contribution is 0.441. The molecule has 1 aromatic carbocycles. The Hall–Kier alpha value is -2.53. The number of nitrogens with one attached hydrogen (secondary N) is 1. The number of fused-ring (bicyclic) bond motifs is 1. The van der Waals surface area contributed by atoms with Gasteiger partial charge < -0.3 is 38.1 Å². The summed E-state index contributed by atoms with van der Waals surface area (Å²) in [4.78, 5) is 18.4. The van der Waals surface area contributed by atoms with Gasteiger partial charge in [0.05, 0.1) is 0 Å². The van der Waals surface area contributed by atoms with Crippen LogP contribution in [0.4, 0.5) is 23.5 Å². The Labute approximate surface area is 188 Å². The van der Waals surface area contributed by atoms with Gasteiger partial charge in [0.25, 0.3) is 0 Å². The van der Waals surface area contributed by atoms with Crippen LogP contribution in [-0.4, -0.2) is 65.3 Å². The minimum atomic E-state index is -0.0103. The van der Waals surface area contributed by atoms with Gasteiger partial charge in [-0.15, -0.1) is 0 Å². The van der Waals surface area contributed by atoms with E-state index < -0.39 is 0 Å². The minimum absolute atomic E-state index is 0.0103. The van der Waals surface area contributed by atoms with Crippen molar-refractivity contribution in [2.75, 3.05) is 41.3 Å². The Kier molecular flexibility index (Phi) is 5.85. The van der Waals surface area contributed by atoms with Gasteiger partial charge >= 0.3 is 0 Å². The highest BCUT2D eigenvalue weighted by molar-refractivity contribution is 5.59. The molecule has 1 aromatic heterocycles. The summed E-state index contributed by atoms with van der Waals surface area (Å²) in [6, 6.07) is 6.44. The molecule has 1 aliphatic carbocycles. The Morgan fingerprint density at radius 3 is 1.81 bits per heavy atom. The van der Waals surface area contributed by atoms with Gasteiger partial charge in [-0.3, -0.25) is 0 Å². The lowest BCUT2D eigenvalue weighted by Gasteiger charge is -2.37. The van der Waals surface area contributed by atoms with Gasteiger partial charge in [0.2, 0.25) is 17.8 Å². The molecule has 2 aliphatic heterocycles. The van der Waals surface area contributed by atoms with Gasteiger partial charge in [-0.25, -0.2) is 0 Å². The van der Waals surface area contributed by atoms with Crippen LogP contribution >= 0.6 is 0 Å². The second kappa shape index (κ2) is 8.78. The van der Waals surface area contributed by atoms with E-state index >= 15 is 0 Å². The van der Waals surface area contributed by atoms with E-state index in [0.29, 0.717) is 44.0 Å². The van der Waals surface area contributed by atoms with Crippen molar-refractivity contribution in [1.29, 1.82) is 0 Å². The smallest absolute Gasteiger partial charge is 0.233 e. The van der Waals surface area contributed by atoms with Crippen LogP contribution in [0.2, 0.25) is 0 Å². The zero-order valence-corrected chi connectivity index (χ0v) is 18.5. The third-order valence-electron chi connectivity index (χ3n) is 6.56. The van der Waals surface area contributed by atoms with Crippen molar-refractivity contribution in [2.45, 2.75) is 56.3 Å². The van der Waals surface area contributed by atoms with Crippen molar-refractivity contribution >= 4 is 23.5 Å². The summed E-state index contributed by atoms with van der Waals surface area (Å²) in [5, 5.41) is 3.40. The summed E-state index contributed by atoms with van der Waals surface area (Å²) in [5.41, 5.74) is 28.7. The summed E-state index contributed by atoms with van der Waals surface area (Å²) >= 11 is 0. The van der Waals surface area contributed by atoms with Gasteiger partial charge in [0.15, 0.2) is 0 Å². The summed E-state index contributed by atoms with van der Waals surface area (Å²) < 4.78 is 0. The SMILES string of the molecule is N[C@@H]1C[C@H](N)CN(c2nc(Nc3ccc4c(c3)CCC4)nc(N3C[C@H](N)C[C@H](N)C3)n2)C1. The fourth-order valence-electron chi connectivity index (χ4n) is 5.16.